The monoisotopic (exact) mass is 281 g/mol. The SMILES string of the molecule is Cc1cccc(C2CC(Nc3cccnc3N(C)C)C2)c1. The summed E-state index contributed by atoms with van der Waals surface area (Å²) < 4.78 is 0. The molecule has 21 heavy (non-hydrogen) atoms. The molecule has 1 aliphatic rings. The van der Waals surface area contributed by atoms with E-state index in [4.69, 9.17) is 0 Å². The highest BCUT2D eigenvalue weighted by molar-refractivity contribution is 5.65. The molecule has 2 aromatic rings. The van der Waals surface area contributed by atoms with E-state index in [1.807, 2.05) is 26.4 Å². The zero-order valence-corrected chi connectivity index (χ0v) is 13.0. The molecule has 0 saturated heterocycles. The summed E-state index contributed by atoms with van der Waals surface area (Å²) in [6.07, 6.45) is 4.24. The average molecular weight is 281 g/mol. The van der Waals surface area contributed by atoms with Crippen molar-refractivity contribution in [2.24, 2.45) is 0 Å². The van der Waals surface area contributed by atoms with Crippen LogP contribution < -0.4 is 10.2 Å². The molecule has 0 bridgehead atoms. The van der Waals surface area contributed by atoms with E-state index in [0.29, 0.717) is 12.0 Å². The van der Waals surface area contributed by atoms with E-state index in [9.17, 15) is 0 Å². The normalized spacial score (nSPS) is 20.7. The first-order valence-electron chi connectivity index (χ1n) is 7.59. The van der Waals surface area contributed by atoms with Gasteiger partial charge in [0.2, 0.25) is 0 Å². The van der Waals surface area contributed by atoms with Crippen LogP contribution in [0, 0.1) is 6.92 Å². The highest BCUT2D eigenvalue weighted by Gasteiger charge is 2.30. The fourth-order valence-corrected chi connectivity index (χ4v) is 3.02. The molecule has 0 aliphatic heterocycles. The maximum atomic E-state index is 4.44. The van der Waals surface area contributed by atoms with Crippen LogP contribution in [0.2, 0.25) is 0 Å². The molecule has 1 aliphatic carbocycles. The maximum Gasteiger partial charge on any atom is 0.151 e. The minimum atomic E-state index is 0.554. The summed E-state index contributed by atoms with van der Waals surface area (Å²) in [7, 11) is 4.06. The Balaban J connectivity index is 1.63. The van der Waals surface area contributed by atoms with Crippen molar-refractivity contribution in [3.05, 3.63) is 53.7 Å². The summed E-state index contributed by atoms with van der Waals surface area (Å²) in [6, 6.07) is 13.6. The number of nitrogens with one attached hydrogen (secondary N) is 1. The summed E-state index contributed by atoms with van der Waals surface area (Å²) >= 11 is 0. The third-order valence-corrected chi connectivity index (χ3v) is 4.22. The lowest BCUT2D eigenvalue weighted by molar-refractivity contribution is 0.374. The molecule has 0 unspecified atom stereocenters. The van der Waals surface area contributed by atoms with Gasteiger partial charge in [0.25, 0.3) is 0 Å². The summed E-state index contributed by atoms with van der Waals surface area (Å²) in [5, 5.41) is 3.64. The Bertz CT molecular complexity index is 615. The molecule has 110 valence electrons. The Morgan fingerprint density at radius 3 is 2.67 bits per heavy atom. The van der Waals surface area contributed by atoms with Gasteiger partial charge in [0.05, 0.1) is 5.69 Å². The van der Waals surface area contributed by atoms with Gasteiger partial charge in [0.15, 0.2) is 5.82 Å². The standard InChI is InChI=1S/C18H23N3/c1-13-6-4-7-14(10-13)15-11-16(12-15)20-17-8-5-9-19-18(17)21(2)3/h4-10,15-16,20H,11-12H2,1-3H3. The van der Waals surface area contributed by atoms with Crippen molar-refractivity contribution in [1.82, 2.24) is 4.98 Å². The molecule has 1 N–H and O–H groups in total. The van der Waals surface area contributed by atoms with Crippen LogP contribution in [0.15, 0.2) is 42.6 Å². The lowest BCUT2D eigenvalue weighted by atomic mass is 9.75. The fraction of sp³-hybridized carbons (Fsp3) is 0.389. The van der Waals surface area contributed by atoms with Gasteiger partial charge in [-0.3, -0.25) is 0 Å². The van der Waals surface area contributed by atoms with Crippen LogP contribution in [0.3, 0.4) is 0 Å². The predicted octanol–water partition coefficient (Wildman–Crippen LogP) is 3.81. The maximum absolute atomic E-state index is 4.44. The van der Waals surface area contributed by atoms with Gasteiger partial charge in [0.1, 0.15) is 0 Å². The molecule has 3 heteroatoms. The number of nitrogens with zero attached hydrogens (tertiary/aromatic N) is 2. The van der Waals surface area contributed by atoms with E-state index < -0.39 is 0 Å². The van der Waals surface area contributed by atoms with Crippen LogP contribution in [0.25, 0.3) is 0 Å². The number of benzene rings is 1. The van der Waals surface area contributed by atoms with E-state index in [0.717, 1.165) is 11.5 Å². The third-order valence-electron chi connectivity index (χ3n) is 4.22. The number of pyridine rings is 1. The first-order valence-corrected chi connectivity index (χ1v) is 7.59. The van der Waals surface area contributed by atoms with Crippen molar-refractivity contribution >= 4 is 11.5 Å². The molecular weight excluding hydrogens is 258 g/mol. The van der Waals surface area contributed by atoms with Crippen molar-refractivity contribution in [3.63, 3.8) is 0 Å². The third kappa shape index (κ3) is 3.02. The number of aryl methyl sites for hydroxylation is 1. The molecule has 3 nitrogen and oxygen atoms in total. The number of anilines is 2. The second-order valence-electron chi connectivity index (χ2n) is 6.19. The molecule has 1 fully saturated rings. The molecule has 0 atom stereocenters. The largest absolute Gasteiger partial charge is 0.379 e. The lowest BCUT2D eigenvalue weighted by Crippen LogP contribution is -2.34. The second-order valence-corrected chi connectivity index (χ2v) is 6.19. The van der Waals surface area contributed by atoms with Crippen molar-refractivity contribution in [2.75, 3.05) is 24.3 Å². The van der Waals surface area contributed by atoms with Crippen LogP contribution in [0.5, 0.6) is 0 Å². The summed E-state index contributed by atoms with van der Waals surface area (Å²) in [5.41, 5.74) is 3.97. The van der Waals surface area contributed by atoms with Crippen LogP contribution in [-0.2, 0) is 0 Å². The first kappa shape index (κ1) is 13.9. The van der Waals surface area contributed by atoms with Crippen LogP contribution >= 0.6 is 0 Å². The van der Waals surface area contributed by atoms with Gasteiger partial charge in [-0.05, 0) is 43.4 Å². The smallest absolute Gasteiger partial charge is 0.151 e. The zero-order valence-electron chi connectivity index (χ0n) is 13.0. The average Bonchev–Trinajstić information content (AvgIpc) is 2.42. The van der Waals surface area contributed by atoms with Crippen molar-refractivity contribution < 1.29 is 0 Å². The van der Waals surface area contributed by atoms with Crippen molar-refractivity contribution in [3.8, 4) is 0 Å². The Hall–Kier alpha value is -2.03. The molecule has 3 rings (SSSR count). The van der Waals surface area contributed by atoms with Crippen molar-refractivity contribution in [2.45, 2.75) is 31.7 Å². The number of rotatable bonds is 4. The van der Waals surface area contributed by atoms with Gasteiger partial charge >= 0.3 is 0 Å². The van der Waals surface area contributed by atoms with Crippen LogP contribution in [0.1, 0.15) is 29.9 Å². The highest BCUT2D eigenvalue weighted by atomic mass is 15.2. The first-order chi connectivity index (χ1) is 10.1. The van der Waals surface area contributed by atoms with E-state index in [-0.39, 0.29) is 0 Å². The second kappa shape index (κ2) is 5.76. The number of hydrogen-bond donors (Lipinski definition) is 1. The zero-order chi connectivity index (χ0) is 14.8. The topological polar surface area (TPSA) is 28.2 Å². The van der Waals surface area contributed by atoms with Gasteiger partial charge in [-0.25, -0.2) is 4.98 Å². The number of hydrogen-bond acceptors (Lipinski definition) is 3. The van der Waals surface area contributed by atoms with Crippen molar-refractivity contribution in [1.29, 1.82) is 0 Å². The molecule has 1 heterocycles. The molecule has 1 aromatic heterocycles. The number of aromatic nitrogens is 1. The van der Waals surface area contributed by atoms with Gasteiger partial charge in [0, 0.05) is 26.3 Å². The predicted molar refractivity (Wildman–Crippen MR) is 89.1 cm³/mol. The summed E-state index contributed by atoms with van der Waals surface area (Å²) in [6.45, 7) is 2.16. The lowest BCUT2D eigenvalue weighted by Gasteiger charge is -2.37. The molecule has 0 spiro atoms. The Labute approximate surface area is 127 Å². The Morgan fingerprint density at radius 2 is 1.95 bits per heavy atom. The molecule has 1 aromatic carbocycles. The molecule has 0 amide bonds. The van der Waals surface area contributed by atoms with E-state index >= 15 is 0 Å². The minimum absolute atomic E-state index is 0.554. The van der Waals surface area contributed by atoms with E-state index in [1.54, 1.807) is 0 Å². The van der Waals surface area contributed by atoms with Gasteiger partial charge in [-0.2, -0.15) is 0 Å². The minimum Gasteiger partial charge on any atom is -0.379 e. The molecular formula is C18H23N3. The molecule has 0 radical (unpaired) electrons. The van der Waals surface area contributed by atoms with Crippen LogP contribution in [0.4, 0.5) is 11.5 Å². The van der Waals surface area contributed by atoms with Gasteiger partial charge in [-0.15, -0.1) is 0 Å². The Morgan fingerprint density at radius 1 is 1.14 bits per heavy atom. The van der Waals surface area contributed by atoms with Gasteiger partial charge < -0.3 is 10.2 Å². The molecule has 1 saturated carbocycles. The summed E-state index contributed by atoms with van der Waals surface area (Å²) in [4.78, 5) is 6.50. The Kier molecular flexibility index (Phi) is 3.82. The fourth-order valence-electron chi connectivity index (χ4n) is 3.02. The van der Waals surface area contributed by atoms with E-state index in [2.05, 4.69) is 52.5 Å². The quantitative estimate of drug-likeness (QED) is 0.923. The highest BCUT2D eigenvalue weighted by Crippen LogP contribution is 2.39. The van der Waals surface area contributed by atoms with Gasteiger partial charge in [-0.1, -0.05) is 29.8 Å². The van der Waals surface area contributed by atoms with E-state index in [1.165, 1.54) is 24.0 Å². The van der Waals surface area contributed by atoms with Crippen LogP contribution in [-0.4, -0.2) is 25.1 Å². The summed E-state index contributed by atoms with van der Waals surface area (Å²) in [5.74, 6) is 1.71.